The number of hydrogen-bond acceptors (Lipinski definition) is 5. The lowest BCUT2D eigenvalue weighted by Gasteiger charge is -2.30. The van der Waals surface area contributed by atoms with Crippen molar-refractivity contribution in [2.45, 2.75) is 30.0 Å². The molecule has 1 aromatic heterocycles. The molecule has 2 aromatic rings. The average Bonchev–Trinajstić information content (AvgIpc) is 2.65. The maximum atomic E-state index is 12.8. The predicted octanol–water partition coefficient (Wildman–Crippen LogP) is 3.72. The molecule has 0 saturated carbocycles. The summed E-state index contributed by atoms with van der Waals surface area (Å²) in [6.45, 7) is 0.141. The van der Waals surface area contributed by atoms with Crippen molar-refractivity contribution in [2.24, 2.45) is 0 Å². The molecule has 0 spiro atoms. The Balaban J connectivity index is 1.79. The molecular formula is C19H21ClF3N3O3S. The second kappa shape index (κ2) is 9.09. The van der Waals surface area contributed by atoms with Crippen LogP contribution in [0, 0.1) is 0 Å². The van der Waals surface area contributed by atoms with Gasteiger partial charge in [0.05, 0.1) is 10.6 Å². The molecule has 2 heterocycles. The van der Waals surface area contributed by atoms with E-state index < -0.39 is 22.8 Å². The van der Waals surface area contributed by atoms with E-state index >= 15 is 0 Å². The van der Waals surface area contributed by atoms with Crippen LogP contribution in [0.1, 0.15) is 12.8 Å². The third-order valence-corrected chi connectivity index (χ3v) is 6.27. The largest absolute Gasteiger partial charge is 0.484 e. The van der Waals surface area contributed by atoms with E-state index in [0.29, 0.717) is 12.1 Å². The first-order valence-electron chi connectivity index (χ1n) is 9.20. The average molecular weight is 464 g/mol. The summed E-state index contributed by atoms with van der Waals surface area (Å²) in [5.41, 5.74) is 0.775. The highest BCUT2D eigenvalue weighted by molar-refractivity contribution is 7.89. The Morgan fingerprint density at radius 1 is 1.27 bits per heavy atom. The zero-order valence-corrected chi connectivity index (χ0v) is 17.7. The fraction of sp³-hybridized carbons (Fsp3) is 0.421. The lowest BCUT2D eigenvalue weighted by atomic mass is 10.1. The molecule has 164 valence electrons. The standard InChI is InChI=1S/C19H21ClF3N3O3S/c1-26-8-2-3-14(11-26)25-30(27,28)16-9-17(24-18(20)10-16)13-4-6-15(7-5-13)29-12-19(21,22)23/h4-7,9-10,14,25H,2-3,8,11-12H2,1H3/t14-/m0/s1. The summed E-state index contributed by atoms with van der Waals surface area (Å²) in [7, 11) is -1.89. The Morgan fingerprint density at radius 2 is 1.97 bits per heavy atom. The van der Waals surface area contributed by atoms with Crippen molar-refractivity contribution in [1.29, 1.82) is 0 Å². The van der Waals surface area contributed by atoms with Gasteiger partial charge in [-0.2, -0.15) is 13.2 Å². The lowest BCUT2D eigenvalue weighted by Crippen LogP contribution is -2.46. The van der Waals surface area contributed by atoms with Crippen LogP contribution in [0.5, 0.6) is 5.75 Å². The molecule has 0 unspecified atom stereocenters. The van der Waals surface area contributed by atoms with Crippen LogP contribution >= 0.6 is 11.6 Å². The van der Waals surface area contributed by atoms with Gasteiger partial charge in [-0.15, -0.1) is 0 Å². The number of pyridine rings is 1. The van der Waals surface area contributed by atoms with E-state index in [2.05, 4.69) is 19.3 Å². The van der Waals surface area contributed by atoms with Crippen molar-refractivity contribution < 1.29 is 26.3 Å². The molecule has 1 saturated heterocycles. The molecule has 0 amide bonds. The monoisotopic (exact) mass is 463 g/mol. The zero-order valence-electron chi connectivity index (χ0n) is 16.1. The number of ether oxygens (including phenoxy) is 1. The van der Waals surface area contributed by atoms with Crippen molar-refractivity contribution in [3.63, 3.8) is 0 Å². The van der Waals surface area contributed by atoms with Crippen LogP contribution < -0.4 is 9.46 Å². The number of rotatable bonds is 6. The summed E-state index contributed by atoms with van der Waals surface area (Å²) in [5, 5.41) is -0.00830. The summed E-state index contributed by atoms with van der Waals surface area (Å²) >= 11 is 6.04. The van der Waals surface area contributed by atoms with Crippen LogP contribution in [-0.2, 0) is 10.0 Å². The Hall–Kier alpha value is -1.88. The minimum absolute atomic E-state index is 0.00830. The van der Waals surface area contributed by atoms with E-state index in [0.717, 1.165) is 19.4 Å². The Bertz CT molecular complexity index is 985. The molecule has 1 N–H and O–H groups in total. The van der Waals surface area contributed by atoms with Crippen LogP contribution in [0.15, 0.2) is 41.3 Å². The number of benzene rings is 1. The zero-order chi connectivity index (χ0) is 21.9. The molecule has 0 aliphatic carbocycles. The van der Waals surface area contributed by atoms with Gasteiger partial charge in [-0.3, -0.25) is 0 Å². The lowest BCUT2D eigenvalue weighted by molar-refractivity contribution is -0.153. The highest BCUT2D eigenvalue weighted by Crippen LogP contribution is 2.27. The third-order valence-electron chi connectivity index (χ3n) is 4.58. The van der Waals surface area contributed by atoms with Gasteiger partial charge in [-0.05, 0) is 62.8 Å². The summed E-state index contributed by atoms with van der Waals surface area (Å²) in [6.07, 6.45) is -2.79. The fourth-order valence-corrected chi connectivity index (χ4v) is 4.79. The molecular weight excluding hydrogens is 443 g/mol. The van der Waals surface area contributed by atoms with Gasteiger partial charge in [0.15, 0.2) is 6.61 Å². The number of likely N-dealkylation sites (tertiary alicyclic amines) is 1. The SMILES string of the molecule is CN1CCC[C@H](NS(=O)(=O)c2cc(Cl)nc(-c3ccc(OCC(F)(F)F)cc3)c2)C1. The van der Waals surface area contributed by atoms with E-state index in [9.17, 15) is 21.6 Å². The van der Waals surface area contributed by atoms with Crippen molar-refractivity contribution in [3.05, 3.63) is 41.6 Å². The quantitative estimate of drug-likeness (QED) is 0.661. The summed E-state index contributed by atoms with van der Waals surface area (Å²) in [6, 6.07) is 8.14. The summed E-state index contributed by atoms with van der Waals surface area (Å²) in [4.78, 5) is 6.17. The van der Waals surface area contributed by atoms with Crippen LogP contribution in [0.2, 0.25) is 5.15 Å². The van der Waals surface area contributed by atoms with Gasteiger partial charge in [0.2, 0.25) is 10.0 Å². The normalized spacial score (nSPS) is 18.4. The van der Waals surface area contributed by atoms with Crippen LogP contribution in [0.4, 0.5) is 13.2 Å². The maximum absolute atomic E-state index is 12.8. The molecule has 30 heavy (non-hydrogen) atoms. The Kier molecular flexibility index (Phi) is 6.91. The number of halogens is 4. The van der Waals surface area contributed by atoms with Crippen LogP contribution in [0.3, 0.4) is 0 Å². The molecule has 11 heteroatoms. The van der Waals surface area contributed by atoms with E-state index in [1.165, 1.54) is 36.4 Å². The Morgan fingerprint density at radius 3 is 2.60 bits per heavy atom. The molecule has 6 nitrogen and oxygen atoms in total. The van der Waals surface area contributed by atoms with Gasteiger partial charge in [-0.25, -0.2) is 18.1 Å². The molecule has 1 aliphatic heterocycles. The van der Waals surface area contributed by atoms with Crippen molar-refractivity contribution in [1.82, 2.24) is 14.6 Å². The molecule has 3 rings (SSSR count). The highest BCUT2D eigenvalue weighted by atomic mass is 35.5. The minimum atomic E-state index is -4.43. The number of nitrogens with one attached hydrogen (secondary N) is 1. The first-order chi connectivity index (χ1) is 14.0. The topological polar surface area (TPSA) is 71.5 Å². The second-order valence-electron chi connectivity index (χ2n) is 7.16. The predicted molar refractivity (Wildman–Crippen MR) is 107 cm³/mol. The molecule has 1 atom stereocenters. The molecule has 1 aliphatic rings. The van der Waals surface area contributed by atoms with Gasteiger partial charge in [0.25, 0.3) is 0 Å². The molecule has 0 bridgehead atoms. The van der Waals surface area contributed by atoms with Gasteiger partial charge in [-0.1, -0.05) is 11.6 Å². The van der Waals surface area contributed by atoms with Gasteiger partial charge < -0.3 is 9.64 Å². The highest BCUT2D eigenvalue weighted by Gasteiger charge is 2.28. The number of hydrogen-bond donors (Lipinski definition) is 1. The third kappa shape index (κ3) is 6.31. The molecule has 0 radical (unpaired) electrons. The number of nitrogens with zero attached hydrogens (tertiary/aromatic N) is 2. The first-order valence-corrected chi connectivity index (χ1v) is 11.1. The van der Waals surface area contributed by atoms with E-state index in [-0.39, 0.29) is 27.5 Å². The number of piperidine rings is 1. The van der Waals surface area contributed by atoms with E-state index in [1.54, 1.807) is 0 Å². The summed E-state index contributed by atoms with van der Waals surface area (Å²) < 4.78 is 69.8. The van der Waals surface area contributed by atoms with E-state index in [4.69, 9.17) is 11.6 Å². The maximum Gasteiger partial charge on any atom is 0.422 e. The smallest absolute Gasteiger partial charge is 0.422 e. The minimum Gasteiger partial charge on any atom is -0.484 e. The van der Waals surface area contributed by atoms with Crippen molar-refractivity contribution >= 4 is 21.6 Å². The number of likely N-dealkylation sites (N-methyl/N-ethyl adjacent to an activating group) is 1. The Labute approximate surface area is 178 Å². The van der Waals surface area contributed by atoms with Crippen LogP contribution in [0.25, 0.3) is 11.3 Å². The first kappa shape index (κ1) is 22.8. The fourth-order valence-electron chi connectivity index (χ4n) is 3.21. The van der Waals surface area contributed by atoms with Crippen molar-refractivity contribution in [2.75, 3.05) is 26.7 Å². The van der Waals surface area contributed by atoms with Gasteiger partial charge in [0, 0.05) is 18.2 Å². The number of aromatic nitrogens is 1. The summed E-state index contributed by atoms with van der Waals surface area (Å²) in [5.74, 6) is 0.0361. The molecule has 1 aromatic carbocycles. The number of alkyl halides is 3. The second-order valence-corrected chi connectivity index (χ2v) is 9.26. The van der Waals surface area contributed by atoms with Gasteiger partial charge >= 0.3 is 6.18 Å². The van der Waals surface area contributed by atoms with Crippen molar-refractivity contribution in [3.8, 4) is 17.0 Å². The number of sulfonamides is 1. The molecule has 1 fully saturated rings. The van der Waals surface area contributed by atoms with E-state index in [1.807, 2.05) is 7.05 Å². The van der Waals surface area contributed by atoms with Gasteiger partial charge in [0.1, 0.15) is 10.9 Å². The van der Waals surface area contributed by atoms with Crippen LogP contribution in [-0.4, -0.2) is 57.3 Å².